The molecular weight excluding hydrogens is 295 g/mol. The normalized spacial score (nSPS) is 10.2. The number of ether oxygens (including phenoxy) is 1. The number of anilines is 1. The van der Waals surface area contributed by atoms with Crippen LogP contribution in [-0.2, 0) is 4.79 Å². The predicted molar refractivity (Wildman–Crippen MR) is 80.5 cm³/mol. The van der Waals surface area contributed by atoms with Crippen molar-refractivity contribution in [3.05, 3.63) is 53.3 Å². The lowest BCUT2D eigenvalue weighted by molar-refractivity contribution is -0.115. The van der Waals surface area contributed by atoms with Crippen LogP contribution in [0, 0.1) is 5.82 Å². The molecular formula is C15H14ClFN2O2. The van der Waals surface area contributed by atoms with E-state index in [2.05, 4.69) is 10.6 Å². The number of hydrogen-bond donors (Lipinski definition) is 2. The number of rotatable bonds is 5. The first-order valence-electron chi connectivity index (χ1n) is 6.26. The first-order valence-corrected chi connectivity index (χ1v) is 6.63. The number of halogens is 2. The molecule has 0 aromatic heterocycles. The van der Waals surface area contributed by atoms with Gasteiger partial charge in [-0.05, 0) is 37.4 Å². The quantitative estimate of drug-likeness (QED) is 0.889. The lowest BCUT2D eigenvalue weighted by atomic mass is 10.2. The van der Waals surface area contributed by atoms with E-state index >= 15 is 0 Å². The van der Waals surface area contributed by atoms with Crippen LogP contribution in [0.5, 0.6) is 11.5 Å². The maximum atomic E-state index is 13.9. The second-order valence-corrected chi connectivity index (χ2v) is 4.72. The molecule has 0 radical (unpaired) electrons. The SMILES string of the molecule is CNCC(=O)Nc1ccc(Oc2cccc(Cl)c2)c(F)c1. The Kier molecular flexibility index (Phi) is 5.14. The number of nitrogens with one attached hydrogen (secondary N) is 2. The molecule has 2 rings (SSSR count). The fraction of sp³-hybridized carbons (Fsp3) is 0.133. The lowest BCUT2D eigenvalue weighted by Gasteiger charge is -2.09. The van der Waals surface area contributed by atoms with E-state index in [4.69, 9.17) is 16.3 Å². The number of carbonyl (C=O) groups is 1. The molecule has 21 heavy (non-hydrogen) atoms. The van der Waals surface area contributed by atoms with Crippen LogP contribution in [0.15, 0.2) is 42.5 Å². The summed E-state index contributed by atoms with van der Waals surface area (Å²) in [6.07, 6.45) is 0. The van der Waals surface area contributed by atoms with Crippen LogP contribution >= 0.6 is 11.6 Å². The fourth-order valence-corrected chi connectivity index (χ4v) is 1.86. The third-order valence-electron chi connectivity index (χ3n) is 2.58. The van der Waals surface area contributed by atoms with Gasteiger partial charge >= 0.3 is 0 Å². The summed E-state index contributed by atoms with van der Waals surface area (Å²) < 4.78 is 19.4. The largest absolute Gasteiger partial charge is 0.454 e. The molecule has 0 saturated heterocycles. The first kappa shape index (κ1) is 15.3. The third kappa shape index (κ3) is 4.44. The van der Waals surface area contributed by atoms with Crippen LogP contribution in [0.3, 0.4) is 0 Å². The highest BCUT2D eigenvalue weighted by Crippen LogP contribution is 2.28. The van der Waals surface area contributed by atoms with Gasteiger partial charge in [-0.15, -0.1) is 0 Å². The summed E-state index contributed by atoms with van der Waals surface area (Å²) in [5, 5.41) is 5.78. The highest BCUT2D eigenvalue weighted by molar-refractivity contribution is 6.30. The van der Waals surface area contributed by atoms with Gasteiger partial charge in [0.15, 0.2) is 11.6 Å². The van der Waals surface area contributed by atoms with Crippen LogP contribution in [0.2, 0.25) is 5.02 Å². The Bertz CT molecular complexity index is 649. The number of carbonyl (C=O) groups excluding carboxylic acids is 1. The van der Waals surface area contributed by atoms with Gasteiger partial charge in [0, 0.05) is 16.8 Å². The van der Waals surface area contributed by atoms with Gasteiger partial charge < -0.3 is 15.4 Å². The second-order valence-electron chi connectivity index (χ2n) is 4.28. The van der Waals surface area contributed by atoms with Crippen molar-refractivity contribution in [1.29, 1.82) is 0 Å². The highest BCUT2D eigenvalue weighted by Gasteiger charge is 2.08. The minimum Gasteiger partial charge on any atom is -0.454 e. The molecule has 2 N–H and O–H groups in total. The van der Waals surface area contributed by atoms with Crippen LogP contribution in [0.25, 0.3) is 0 Å². The highest BCUT2D eigenvalue weighted by atomic mass is 35.5. The summed E-state index contributed by atoms with van der Waals surface area (Å²) in [6, 6.07) is 10.9. The molecule has 0 saturated carbocycles. The maximum absolute atomic E-state index is 13.9. The Morgan fingerprint density at radius 1 is 1.29 bits per heavy atom. The fourth-order valence-electron chi connectivity index (χ4n) is 1.68. The zero-order valence-electron chi connectivity index (χ0n) is 11.3. The molecule has 0 aliphatic carbocycles. The van der Waals surface area contributed by atoms with Crippen LogP contribution < -0.4 is 15.4 Å². The van der Waals surface area contributed by atoms with Crippen molar-refractivity contribution in [2.24, 2.45) is 0 Å². The van der Waals surface area contributed by atoms with E-state index in [9.17, 15) is 9.18 Å². The van der Waals surface area contributed by atoms with Gasteiger partial charge in [-0.3, -0.25) is 4.79 Å². The molecule has 4 nitrogen and oxygen atoms in total. The van der Waals surface area contributed by atoms with Crippen molar-refractivity contribution in [1.82, 2.24) is 5.32 Å². The molecule has 0 aliphatic heterocycles. The van der Waals surface area contributed by atoms with Crippen molar-refractivity contribution in [2.45, 2.75) is 0 Å². The average Bonchev–Trinajstić information content (AvgIpc) is 2.42. The van der Waals surface area contributed by atoms with E-state index in [0.29, 0.717) is 16.5 Å². The van der Waals surface area contributed by atoms with E-state index in [1.54, 1.807) is 37.4 Å². The van der Waals surface area contributed by atoms with E-state index in [1.807, 2.05) is 0 Å². The summed E-state index contributed by atoms with van der Waals surface area (Å²) in [7, 11) is 1.65. The maximum Gasteiger partial charge on any atom is 0.238 e. The van der Waals surface area contributed by atoms with Crippen molar-refractivity contribution < 1.29 is 13.9 Å². The minimum atomic E-state index is -0.572. The van der Waals surface area contributed by atoms with E-state index in [0.717, 1.165) is 0 Å². The Morgan fingerprint density at radius 3 is 2.76 bits per heavy atom. The molecule has 6 heteroatoms. The molecule has 0 atom stereocenters. The van der Waals surface area contributed by atoms with E-state index in [-0.39, 0.29) is 18.2 Å². The lowest BCUT2D eigenvalue weighted by Crippen LogP contribution is -2.25. The summed E-state index contributed by atoms with van der Waals surface area (Å²) in [5.74, 6) is -0.324. The van der Waals surface area contributed by atoms with Crippen LogP contribution in [0.4, 0.5) is 10.1 Å². The van der Waals surface area contributed by atoms with Crippen LogP contribution in [0.1, 0.15) is 0 Å². The molecule has 0 spiro atoms. The first-order chi connectivity index (χ1) is 10.1. The zero-order valence-corrected chi connectivity index (χ0v) is 12.1. The smallest absolute Gasteiger partial charge is 0.238 e. The average molecular weight is 309 g/mol. The van der Waals surface area contributed by atoms with Crippen molar-refractivity contribution in [3.8, 4) is 11.5 Å². The van der Waals surface area contributed by atoms with E-state index < -0.39 is 5.82 Å². The zero-order chi connectivity index (χ0) is 15.2. The molecule has 0 fully saturated rings. The summed E-state index contributed by atoms with van der Waals surface area (Å²) in [6.45, 7) is 0.155. The number of amides is 1. The van der Waals surface area contributed by atoms with Crippen molar-refractivity contribution in [2.75, 3.05) is 18.9 Å². The topological polar surface area (TPSA) is 50.4 Å². The molecule has 0 unspecified atom stereocenters. The molecule has 0 heterocycles. The van der Waals surface area contributed by atoms with Gasteiger partial charge in [0.2, 0.25) is 5.91 Å². The molecule has 2 aromatic rings. The summed E-state index contributed by atoms with van der Waals surface area (Å²) in [4.78, 5) is 11.4. The Morgan fingerprint density at radius 2 is 2.10 bits per heavy atom. The third-order valence-corrected chi connectivity index (χ3v) is 2.81. The van der Waals surface area contributed by atoms with Gasteiger partial charge in [0.25, 0.3) is 0 Å². The van der Waals surface area contributed by atoms with E-state index in [1.165, 1.54) is 12.1 Å². The van der Waals surface area contributed by atoms with Gasteiger partial charge in [0.1, 0.15) is 5.75 Å². The molecule has 1 amide bonds. The molecule has 0 bridgehead atoms. The second kappa shape index (κ2) is 7.06. The Hall–Kier alpha value is -2.11. The Balaban J connectivity index is 2.10. The van der Waals surface area contributed by atoms with Crippen LogP contribution in [-0.4, -0.2) is 19.5 Å². The molecule has 0 aliphatic rings. The monoisotopic (exact) mass is 308 g/mol. The summed E-state index contributed by atoms with van der Waals surface area (Å²) in [5.41, 5.74) is 0.367. The summed E-state index contributed by atoms with van der Waals surface area (Å²) >= 11 is 5.84. The number of likely N-dealkylation sites (N-methyl/N-ethyl adjacent to an activating group) is 1. The number of hydrogen-bond acceptors (Lipinski definition) is 3. The minimum absolute atomic E-state index is 0.0592. The number of benzene rings is 2. The standard InChI is InChI=1S/C15H14ClFN2O2/c1-18-9-15(20)19-11-5-6-14(13(17)8-11)21-12-4-2-3-10(16)7-12/h2-8,18H,9H2,1H3,(H,19,20). The van der Waals surface area contributed by atoms with Crippen molar-refractivity contribution in [3.63, 3.8) is 0 Å². The van der Waals surface area contributed by atoms with Gasteiger partial charge in [-0.25, -0.2) is 4.39 Å². The Labute approximate surface area is 126 Å². The predicted octanol–water partition coefficient (Wildman–Crippen LogP) is 3.43. The van der Waals surface area contributed by atoms with Crippen molar-refractivity contribution >= 4 is 23.2 Å². The van der Waals surface area contributed by atoms with Gasteiger partial charge in [-0.1, -0.05) is 17.7 Å². The molecule has 2 aromatic carbocycles. The van der Waals surface area contributed by atoms with Gasteiger partial charge in [-0.2, -0.15) is 0 Å². The molecule has 110 valence electrons. The van der Waals surface area contributed by atoms with Gasteiger partial charge in [0.05, 0.1) is 6.54 Å².